The Balaban J connectivity index is 0. The highest BCUT2D eigenvalue weighted by atomic mass is 16.5. The first-order valence-electron chi connectivity index (χ1n) is 3.49. The van der Waals surface area contributed by atoms with Gasteiger partial charge in [0.25, 0.3) is 0 Å². The molecule has 0 spiro atoms. The number of hydrogen-bond acceptors (Lipinski definition) is 4. The molecular formula is C9H16O4. The summed E-state index contributed by atoms with van der Waals surface area (Å²) in [6.07, 6.45) is 3.52. The van der Waals surface area contributed by atoms with E-state index in [-0.39, 0.29) is 32.2 Å². The van der Waals surface area contributed by atoms with Crippen LogP contribution in [0.25, 0.3) is 0 Å². The van der Waals surface area contributed by atoms with Gasteiger partial charge in [-0.3, -0.25) is 9.59 Å². The summed E-state index contributed by atoms with van der Waals surface area (Å²) in [5, 5.41) is 0. The Bertz CT molecular complexity index is 164. The van der Waals surface area contributed by atoms with Crippen molar-refractivity contribution < 1.29 is 19.1 Å². The number of ether oxygens (including phenoxy) is 2. The van der Waals surface area contributed by atoms with Gasteiger partial charge in [-0.25, -0.2) is 0 Å². The van der Waals surface area contributed by atoms with E-state index in [0.29, 0.717) is 0 Å². The SMILES string of the molecule is C.COC(=O)C/C=C\CC(=O)OC. The highest BCUT2D eigenvalue weighted by Crippen LogP contribution is 1.91. The van der Waals surface area contributed by atoms with E-state index in [9.17, 15) is 9.59 Å². The van der Waals surface area contributed by atoms with Crippen molar-refractivity contribution in [1.82, 2.24) is 0 Å². The first-order valence-corrected chi connectivity index (χ1v) is 3.49. The van der Waals surface area contributed by atoms with E-state index in [2.05, 4.69) is 9.47 Å². The summed E-state index contributed by atoms with van der Waals surface area (Å²) >= 11 is 0. The minimum absolute atomic E-state index is 0. The maximum Gasteiger partial charge on any atom is 0.309 e. The van der Waals surface area contributed by atoms with Gasteiger partial charge in [-0.2, -0.15) is 0 Å². The molecule has 13 heavy (non-hydrogen) atoms. The van der Waals surface area contributed by atoms with Crippen molar-refractivity contribution in [3.8, 4) is 0 Å². The Morgan fingerprint density at radius 1 is 1.00 bits per heavy atom. The van der Waals surface area contributed by atoms with Crippen LogP contribution in [0.1, 0.15) is 20.3 Å². The molecule has 0 aliphatic heterocycles. The van der Waals surface area contributed by atoms with Crippen molar-refractivity contribution in [2.75, 3.05) is 14.2 Å². The number of esters is 2. The second-order valence-electron chi connectivity index (χ2n) is 2.03. The van der Waals surface area contributed by atoms with E-state index in [1.54, 1.807) is 12.2 Å². The first-order chi connectivity index (χ1) is 5.70. The molecule has 0 aromatic carbocycles. The molecule has 0 aliphatic rings. The summed E-state index contributed by atoms with van der Waals surface area (Å²) in [6, 6.07) is 0. The van der Waals surface area contributed by atoms with Crippen LogP contribution in [0.2, 0.25) is 0 Å². The molecule has 0 bridgehead atoms. The van der Waals surface area contributed by atoms with Gasteiger partial charge in [-0.1, -0.05) is 19.6 Å². The molecule has 76 valence electrons. The van der Waals surface area contributed by atoms with Gasteiger partial charge in [-0.15, -0.1) is 0 Å². The normalized spacial score (nSPS) is 9.08. The van der Waals surface area contributed by atoms with Crippen molar-refractivity contribution in [1.29, 1.82) is 0 Å². The number of carbonyl (C=O) groups excluding carboxylic acids is 2. The summed E-state index contributed by atoms with van der Waals surface area (Å²) in [7, 11) is 2.63. The number of carbonyl (C=O) groups is 2. The highest BCUT2D eigenvalue weighted by molar-refractivity contribution is 5.72. The van der Waals surface area contributed by atoms with E-state index < -0.39 is 0 Å². The van der Waals surface area contributed by atoms with Gasteiger partial charge >= 0.3 is 11.9 Å². The second-order valence-corrected chi connectivity index (χ2v) is 2.03. The van der Waals surface area contributed by atoms with E-state index in [0.717, 1.165) is 0 Å². The lowest BCUT2D eigenvalue weighted by Crippen LogP contribution is -1.99. The molecule has 0 N–H and O–H groups in total. The molecule has 0 saturated heterocycles. The van der Waals surface area contributed by atoms with E-state index in [4.69, 9.17) is 0 Å². The minimum atomic E-state index is -0.323. The Labute approximate surface area is 78.5 Å². The molecule has 0 aromatic heterocycles. The van der Waals surface area contributed by atoms with Gasteiger partial charge in [0.1, 0.15) is 0 Å². The quantitative estimate of drug-likeness (QED) is 0.493. The molecule has 0 atom stereocenters. The Morgan fingerprint density at radius 3 is 1.54 bits per heavy atom. The number of rotatable bonds is 4. The van der Waals surface area contributed by atoms with Crippen LogP contribution in [0.3, 0.4) is 0 Å². The number of methoxy groups -OCH3 is 2. The summed E-state index contributed by atoms with van der Waals surface area (Å²) in [6.45, 7) is 0. The largest absolute Gasteiger partial charge is 0.469 e. The van der Waals surface area contributed by atoms with Crippen LogP contribution in [0.4, 0.5) is 0 Å². The van der Waals surface area contributed by atoms with E-state index in [1.165, 1.54) is 14.2 Å². The summed E-state index contributed by atoms with van der Waals surface area (Å²) in [4.78, 5) is 21.1. The lowest BCUT2D eigenvalue weighted by Gasteiger charge is -1.93. The molecule has 0 radical (unpaired) electrons. The molecule has 0 fully saturated rings. The van der Waals surface area contributed by atoms with Crippen LogP contribution in [0, 0.1) is 0 Å². The fourth-order valence-electron chi connectivity index (χ4n) is 0.526. The topological polar surface area (TPSA) is 52.6 Å². The van der Waals surface area contributed by atoms with Crippen LogP contribution in [-0.2, 0) is 19.1 Å². The second kappa shape index (κ2) is 8.77. The lowest BCUT2D eigenvalue weighted by molar-refractivity contribution is -0.140. The van der Waals surface area contributed by atoms with Gasteiger partial charge in [0, 0.05) is 0 Å². The summed E-state index contributed by atoms with van der Waals surface area (Å²) in [5.74, 6) is -0.646. The van der Waals surface area contributed by atoms with Crippen LogP contribution in [-0.4, -0.2) is 26.2 Å². The third kappa shape index (κ3) is 8.59. The lowest BCUT2D eigenvalue weighted by atomic mass is 10.3. The molecular weight excluding hydrogens is 172 g/mol. The average Bonchev–Trinajstić information content (AvgIpc) is 2.11. The minimum Gasteiger partial charge on any atom is -0.469 e. The van der Waals surface area contributed by atoms with E-state index >= 15 is 0 Å². The van der Waals surface area contributed by atoms with Gasteiger partial charge in [0.15, 0.2) is 0 Å². The van der Waals surface area contributed by atoms with Crippen LogP contribution in [0.5, 0.6) is 0 Å². The van der Waals surface area contributed by atoms with Crippen molar-refractivity contribution >= 4 is 11.9 Å². The Kier molecular flexibility index (Phi) is 9.60. The van der Waals surface area contributed by atoms with E-state index in [1.807, 2.05) is 0 Å². The standard InChI is InChI=1S/C8H12O4.CH4/c1-11-7(9)5-3-4-6-8(10)12-2;/h3-4H,5-6H2,1-2H3;1H4/b4-3-;. The molecule has 0 amide bonds. The zero-order valence-electron chi connectivity index (χ0n) is 7.20. The predicted molar refractivity (Wildman–Crippen MR) is 49.1 cm³/mol. The van der Waals surface area contributed by atoms with Gasteiger partial charge < -0.3 is 9.47 Å². The molecule has 0 heterocycles. The average molecular weight is 188 g/mol. The molecule has 0 aliphatic carbocycles. The van der Waals surface area contributed by atoms with Crippen molar-refractivity contribution in [2.45, 2.75) is 20.3 Å². The molecule has 0 aromatic rings. The molecule has 4 heteroatoms. The first kappa shape index (κ1) is 14.2. The maximum absolute atomic E-state index is 10.5. The van der Waals surface area contributed by atoms with Crippen molar-refractivity contribution in [3.63, 3.8) is 0 Å². The highest BCUT2D eigenvalue weighted by Gasteiger charge is 1.96. The van der Waals surface area contributed by atoms with Crippen molar-refractivity contribution in [3.05, 3.63) is 12.2 Å². The zero-order valence-corrected chi connectivity index (χ0v) is 7.20. The fraction of sp³-hybridized carbons (Fsp3) is 0.556. The number of hydrogen-bond donors (Lipinski definition) is 0. The zero-order chi connectivity index (χ0) is 9.40. The smallest absolute Gasteiger partial charge is 0.309 e. The third-order valence-corrected chi connectivity index (χ3v) is 1.19. The van der Waals surface area contributed by atoms with Crippen molar-refractivity contribution in [2.24, 2.45) is 0 Å². The predicted octanol–water partition coefficient (Wildman–Crippen LogP) is 1.30. The molecule has 0 saturated carbocycles. The summed E-state index contributed by atoms with van der Waals surface area (Å²) in [5.41, 5.74) is 0. The molecule has 0 rings (SSSR count). The van der Waals surface area contributed by atoms with Gasteiger partial charge in [0.05, 0.1) is 27.1 Å². The Morgan fingerprint density at radius 2 is 1.31 bits per heavy atom. The maximum atomic E-state index is 10.5. The van der Waals surface area contributed by atoms with Crippen LogP contribution < -0.4 is 0 Å². The van der Waals surface area contributed by atoms with Gasteiger partial charge in [-0.05, 0) is 0 Å². The summed E-state index contributed by atoms with van der Waals surface area (Å²) < 4.78 is 8.75. The van der Waals surface area contributed by atoms with Gasteiger partial charge in [0.2, 0.25) is 0 Å². The monoisotopic (exact) mass is 188 g/mol. The molecule has 4 nitrogen and oxygen atoms in total. The van der Waals surface area contributed by atoms with Crippen LogP contribution >= 0.6 is 0 Å². The fourth-order valence-corrected chi connectivity index (χ4v) is 0.526. The Hall–Kier alpha value is -1.32. The molecule has 0 unspecified atom stereocenters. The van der Waals surface area contributed by atoms with Crippen LogP contribution in [0.15, 0.2) is 12.2 Å². The third-order valence-electron chi connectivity index (χ3n) is 1.19.